The SMILES string of the molecule is CNC(=O)[C@@H](C)N(Cc1ccc(Br)cc1)C(=O)CN(c1cccc([N+](=O)[O-])c1)S(C)(=O)=O. The van der Waals surface area contributed by atoms with E-state index in [0.717, 1.165) is 26.7 Å². The summed E-state index contributed by atoms with van der Waals surface area (Å²) in [5.74, 6) is -1.06. The van der Waals surface area contributed by atoms with Crippen LogP contribution in [-0.2, 0) is 26.2 Å². The number of likely N-dealkylation sites (N-methyl/N-ethyl adjacent to an activating group) is 1. The number of non-ortho nitro benzene ring substituents is 1. The van der Waals surface area contributed by atoms with Crippen molar-refractivity contribution in [1.29, 1.82) is 0 Å². The minimum absolute atomic E-state index is 0.0220. The highest BCUT2D eigenvalue weighted by atomic mass is 79.9. The molecule has 172 valence electrons. The molecular formula is C20H23BrN4O6S. The minimum atomic E-state index is -3.96. The molecule has 0 aliphatic rings. The zero-order valence-electron chi connectivity index (χ0n) is 17.7. The number of nitrogens with zero attached hydrogens (tertiary/aromatic N) is 3. The molecule has 2 amide bonds. The van der Waals surface area contributed by atoms with E-state index >= 15 is 0 Å². The topological polar surface area (TPSA) is 130 Å². The Labute approximate surface area is 194 Å². The van der Waals surface area contributed by atoms with Crippen LogP contribution in [0.25, 0.3) is 0 Å². The third-order valence-corrected chi connectivity index (χ3v) is 6.36. The quantitative estimate of drug-likeness (QED) is 0.394. The van der Waals surface area contributed by atoms with Crippen LogP contribution in [0.5, 0.6) is 0 Å². The van der Waals surface area contributed by atoms with Crippen molar-refractivity contribution in [3.8, 4) is 0 Å². The zero-order chi connectivity index (χ0) is 24.1. The van der Waals surface area contributed by atoms with E-state index in [4.69, 9.17) is 0 Å². The smallest absolute Gasteiger partial charge is 0.271 e. The maximum absolute atomic E-state index is 13.2. The number of halogens is 1. The molecule has 2 aromatic rings. The van der Waals surface area contributed by atoms with Crippen LogP contribution in [0.4, 0.5) is 11.4 Å². The lowest BCUT2D eigenvalue weighted by molar-refractivity contribution is -0.384. The van der Waals surface area contributed by atoms with E-state index in [2.05, 4.69) is 21.2 Å². The number of hydrogen-bond acceptors (Lipinski definition) is 6. The number of benzene rings is 2. The van der Waals surface area contributed by atoms with Crippen LogP contribution in [0, 0.1) is 10.1 Å². The van der Waals surface area contributed by atoms with Crippen molar-refractivity contribution in [2.75, 3.05) is 24.2 Å². The van der Waals surface area contributed by atoms with Crippen LogP contribution in [-0.4, -0.2) is 55.9 Å². The lowest BCUT2D eigenvalue weighted by Crippen LogP contribution is -2.50. The van der Waals surface area contributed by atoms with Gasteiger partial charge in [0.05, 0.1) is 16.9 Å². The predicted molar refractivity (Wildman–Crippen MR) is 124 cm³/mol. The van der Waals surface area contributed by atoms with Crippen molar-refractivity contribution in [3.05, 3.63) is 68.7 Å². The standard InChI is InChI=1S/C20H23BrN4O6S/c1-14(20(27)22-2)23(12-15-7-9-16(21)10-8-15)19(26)13-24(32(3,30)31)17-5-4-6-18(11-17)25(28)29/h4-11,14H,12-13H2,1-3H3,(H,22,27)/t14-/m1/s1. The first-order valence-corrected chi connectivity index (χ1v) is 12.1. The molecule has 1 atom stereocenters. The van der Waals surface area contributed by atoms with Crippen molar-refractivity contribution >= 4 is 49.1 Å². The maximum atomic E-state index is 13.2. The van der Waals surface area contributed by atoms with Crippen molar-refractivity contribution in [3.63, 3.8) is 0 Å². The van der Waals surface area contributed by atoms with Gasteiger partial charge in [-0.25, -0.2) is 8.42 Å². The number of amides is 2. The van der Waals surface area contributed by atoms with Crippen molar-refractivity contribution in [1.82, 2.24) is 10.2 Å². The third-order valence-electron chi connectivity index (χ3n) is 4.69. The maximum Gasteiger partial charge on any atom is 0.271 e. The number of nitro benzene ring substituents is 1. The van der Waals surface area contributed by atoms with E-state index in [1.54, 1.807) is 24.3 Å². The number of nitrogens with one attached hydrogen (secondary N) is 1. The van der Waals surface area contributed by atoms with E-state index in [-0.39, 0.29) is 17.9 Å². The molecule has 0 aromatic heterocycles. The largest absolute Gasteiger partial charge is 0.357 e. The summed E-state index contributed by atoms with van der Waals surface area (Å²) in [7, 11) is -2.52. The van der Waals surface area contributed by atoms with Gasteiger partial charge in [0.1, 0.15) is 12.6 Å². The summed E-state index contributed by atoms with van der Waals surface area (Å²) in [6, 6.07) is 11.2. The summed E-state index contributed by atoms with van der Waals surface area (Å²) >= 11 is 3.33. The van der Waals surface area contributed by atoms with Crippen LogP contribution in [0.3, 0.4) is 0 Å². The summed E-state index contributed by atoms with van der Waals surface area (Å²) < 4.78 is 26.5. The molecule has 1 N–H and O–H groups in total. The van der Waals surface area contributed by atoms with Crippen LogP contribution in [0.1, 0.15) is 12.5 Å². The van der Waals surface area contributed by atoms with Gasteiger partial charge in [-0.15, -0.1) is 0 Å². The zero-order valence-corrected chi connectivity index (χ0v) is 20.1. The second-order valence-electron chi connectivity index (χ2n) is 6.98. The summed E-state index contributed by atoms with van der Waals surface area (Å²) in [5, 5.41) is 13.6. The van der Waals surface area contributed by atoms with E-state index < -0.39 is 39.3 Å². The van der Waals surface area contributed by atoms with Crippen LogP contribution >= 0.6 is 15.9 Å². The summed E-state index contributed by atoms with van der Waals surface area (Å²) in [4.78, 5) is 37.2. The van der Waals surface area contributed by atoms with Crippen LogP contribution in [0.2, 0.25) is 0 Å². The Hall–Kier alpha value is -2.99. The molecule has 0 saturated heterocycles. The summed E-state index contributed by atoms with van der Waals surface area (Å²) in [5.41, 5.74) is 0.402. The molecule has 0 bridgehead atoms. The van der Waals surface area contributed by atoms with Gasteiger partial charge < -0.3 is 10.2 Å². The average molecular weight is 527 g/mol. The van der Waals surface area contributed by atoms with Gasteiger partial charge in [0, 0.05) is 30.2 Å². The normalized spacial score (nSPS) is 12.0. The highest BCUT2D eigenvalue weighted by Gasteiger charge is 2.30. The van der Waals surface area contributed by atoms with Crippen LogP contribution < -0.4 is 9.62 Å². The van der Waals surface area contributed by atoms with Gasteiger partial charge in [-0.1, -0.05) is 34.1 Å². The van der Waals surface area contributed by atoms with E-state index in [9.17, 15) is 28.1 Å². The molecular weight excluding hydrogens is 504 g/mol. The minimum Gasteiger partial charge on any atom is -0.357 e. The molecule has 0 saturated carbocycles. The summed E-state index contributed by atoms with van der Waals surface area (Å²) in [6.07, 6.45) is 0.903. The number of nitro groups is 1. The Morgan fingerprint density at radius 2 is 1.81 bits per heavy atom. The summed E-state index contributed by atoms with van der Waals surface area (Å²) in [6.45, 7) is 0.971. The third kappa shape index (κ3) is 6.50. The van der Waals surface area contributed by atoms with E-state index in [1.165, 1.54) is 37.1 Å². The molecule has 0 unspecified atom stereocenters. The first kappa shape index (κ1) is 25.3. The number of hydrogen-bond donors (Lipinski definition) is 1. The van der Waals surface area contributed by atoms with E-state index in [1.807, 2.05) is 0 Å². The number of carbonyl (C=O) groups excluding carboxylic acids is 2. The van der Waals surface area contributed by atoms with Gasteiger partial charge in [-0.05, 0) is 30.7 Å². The molecule has 0 spiro atoms. The monoisotopic (exact) mass is 526 g/mol. The lowest BCUT2D eigenvalue weighted by Gasteiger charge is -2.31. The number of anilines is 1. The lowest BCUT2D eigenvalue weighted by atomic mass is 10.1. The fourth-order valence-corrected chi connectivity index (χ4v) is 4.06. The second-order valence-corrected chi connectivity index (χ2v) is 9.81. The molecule has 12 heteroatoms. The first-order valence-electron chi connectivity index (χ1n) is 9.41. The molecule has 0 heterocycles. The fraction of sp³-hybridized carbons (Fsp3) is 0.300. The van der Waals surface area contributed by atoms with Crippen molar-refractivity contribution in [2.45, 2.75) is 19.5 Å². The number of rotatable bonds is 9. The van der Waals surface area contributed by atoms with E-state index in [0.29, 0.717) is 0 Å². The second kappa shape index (κ2) is 10.6. The number of sulfonamides is 1. The molecule has 0 radical (unpaired) electrons. The van der Waals surface area contributed by atoms with Crippen molar-refractivity contribution < 1.29 is 22.9 Å². The molecule has 10 nitrogen and oxygen atoms in total. The van der Waals surface area contributed by atoms with Gasteiger partial charge in [-0.2, -0.15) is 0 Å². The molecule has 0 aliphatic carbocycles. The Morgan fingerprint density at radius 3 is 2.34 bits per heavy atom. The molecule has 2 aromatic carbocycles. The predicted octanol–water partition coefficient (Wildman–Crippen LogP) is 2.29. The van der Waals surface area contributed by atoms with Gasteiger partial charge >= 0.3 is 0 Å². The molecule has 2 rings (SSSR count). The Balaban J connectivity index is 2.41. The first-order chi connectivity index (χ1) is 14.9. The highest BCUT2D eigenvalue weighted by Crippen LogP contribution is 2.24. The Bertz CT molecular complexity index is 1110. The molecule has 0 fully saturated rings. The Morgan fingerprint density at radius 1 is 1.19 bits per heavy atom. The van der Waals surface area contributed by atoms with Gasteiger partial charge in [0.25, 0.3) is 5.69 Å². The van der Waals surface area contributed by atoms with Gasteiger partial charge in [0.15, 0.2) is 0 Å². The van der Waals surface area contributed by atoms with Gasteiger partial charge in [0.2, 0.25) is 21.8 Å². The van der Waals surface area contributed by atoms with Gasteiger partial charge in [-0.3, -0.25) is 24.0 Å². The molecule has 0 aliphatic heterocycles. The Kier molecular flexibility index (Phi) is 8.33. The average Bonchev–Trinajstić information content (AvgIpc) is 2.75. The number of carbonyl (C=O) groups is 2. The van der Waals surface area contributed by atoms with Crippen molar-refractivity contribution in [2.24, 2.45) is 0 Å². The van der Waals surface area contributed by atoms with Crippen LogP contribution in [0.15, 0.2) is 53.0 Å². The highest BCUT2D eigenvalue weighted by molar-refractivity contribution is 9.10. The molecule has 32 heavy (non-hydrogen) atoms. The fourth-order valence-electron chi connectivity index (χ4n) is 2.95.